The molecule has 7 aromatic rings. The normalized spacial score (nSPS) is 13.2. The van der Waals surface area contributed by atoms with Crippen molar-refractivity contribution in [2.45, 2.75) is 69.6 Å². The Bertz CT molecular complexity index is 2230. The van der Waals surface area contributed by atoms with E-state index in [0.29, 0.717) is 0 Å². The summed E-state index contributed by atoms with van der Waals surface area (Å²) in [5.41, 5.74) is 12.1. The van der Waals surface area contributed by atoms with Gasteiger partial charge in [0.05, 0.1) is 5.58 Å². The molecule has 0 aliphatic heterocycles. The Kier molecular flexibility index (Phi) is 11.8. The van der Waals surface area contributed by atoms with Crippen LogP contribution in [-0.2, 0) is 32.9 Å². The molecule has 3 heterocycles. The second-order valence-corrected chi connectivity index (χ2v) is 25.3. The van der Waals surface area contributed by atoms with E-state index in [-0.39, 0.29) is 20.1 Å². The third-order valence-electron chi connectivity index (χ3n) is 10.1. The van der Waals surface area contributed by atoms with Gasteiger partial charge in [0.1, 0.15) is 5.58 Å². The Morgan fingerprint density at radius 3 is 2.33 bits per heavy atom. The minimum atomic E-state index is -1.87. The van der Waals surface area contributed by atoms with Crippen LogP contribution in [0.2, 0.25) is 17.3 Å². The van der Waals surface area contributed by atoms with Gasteiger partial charge in [0, 0.05) is 31.7 Å². The number of benzene rings is 4. The average Bonchev–Trinajstić information content (AvgIpc) is 3.80. The van der Waals surface area contributed by atoms with Crippen molar-refractivity contribution in [3.05, 3.63) is 138 Å². The van der Waals surface area contributed by atoms with Crippen LogP contribution in [0.3, 0.4) is 0 Å². The van der Waals surface area contributed by atoms with Crippen LogP contribution in [0.1, 0.15) is 49.3 Å². The average molecular weight is 908 g/mol. The molecule has 51 heavy (non-hydrogen) atoms. The standard InChI is InChI=1S/C26H20NO.C20H26GeN.Ir/c1-3-18-13-14-27-23(15-18)21-11-9-17(2)25-22-12-10-20(16-24(22)28-26(21)25)19-7-5-4-6-8-19;1-21(2,3)19-15-22-20(17-11-5-4-6-12-17)14-18(19)13-16-9-7-8-10-16;/h4-10,12-16H,3H2,1-2H3;4-6,11,14-16H,7-10,13H2,1-3H3;/q2*-1;. The van der Waals surface area contributed by atoms with E-state index >= 15 is 0 Å². The fraction of sp³-hybridized carbons (Fsp3) is 0.261. The summed E-state index contributed by atoms with van der Waals surface area (Å²) >= 11 is -1.87. The fourth-order valence-electron chi connectivity index (χ4n) is 7.38. The third-order valence-corrected chi connectivity index (χ3v) is 14.4. The van der Waals surface area contributed by atoms with Gasteiger partial charge in [-0.05, 0) is 35.4 Å². The Labute approximate surface area is 319 Å². The van der Waals surface area contributed by atoms with Crippen LogP contribution in [-0.4, -0.2) is 23.2 Å². The molecule has 0 amide bonds. The molecule has 3 nitrogen and oxygen atoms in total. The molecule has 261 valence electrons. The number of hydrogen-bond acceptors (Lipinski definition) is 3. The number of hydrogen-bond donors (Lipinski definition) is 0. The Morgan fingerprint density at radius 2 is 1.61 bits per heavy atom. The smallest absolute Gasteiger partial charge is 0 e. The number of fused-ring (bicyclic) bond motifs is 3. The van der Waals surface area contributed by atoms with Crippen molar-refractivity contribution in [1.82, 2.24) is 9.97 Å². The molecule has 3 aromatic heterocycles. The number of aromatic nitrogens is 2. The van der Waals surface area contributed by atoms with E-state index in [9.17, 15) is 0 Å². The van der Waals surface area contributed by atoms with Gasteiger partial charge in [-0.2, -0.15) is 0 Å². The molecular formula is C46H46GeIrN2O-2. The molecule has 1 radical (unpaired) electrons. The van der Waals surface area contributed by atoms with Crippen LogP contribution < -0.4 is 4.40 Å². The van der Waals surface area contributed by atoms with Gasteiger partial charge in [-0.15, -0.1) is 17.7 Å². The van der Waals surface area contributed by atoms with E-state index in [2.05, 4.69) is 127 Å². The Hall–Kier alpha value is -3.83. The molecule has 0 atom stereocenters. The first-order valence-electron chi connectivity index (χ1n) is 18.1. The van der Waals surface area contributed by atoms with E-state index in [0.717, 1.165) is 67.9 Å². The molecule has 0 saturated heterocycles. The summed E-state index contributed by atoms with van der Waals surface area (Å²) in [4.78, 5) is 9.35. The van der Waals surface area contributed by atoms with E-state index < -0.39 is 13.3 Å². The Balaban J connectivity index is 0.000000178. The minimum Gasteiger partial charge on any atom is 0 e. The molecule has 0 unspecified atom stereocenters. The molecule has 5 heteroatoms. The van der Waals surface area contributed by atoms with Crippen LogP contribution in [0, 0.1) is 25.0 Å². The Morgan fingerprint density at radius 1 is 0.824 bits per heavy atom. The summed E-state index contributed by atoms with van der Waals surface area (Å²) in [6.45, 7) is 4.26. The largest absolute Gasteiger partial charge is 0 e. The van der Waals surface area contributed by atoms with E-state index in [1.54, 1.807) is 9.96 Å². The van der Waals surface area contributed by atoms with Crippen molar-refractivity contribution in [3.63, 3.8) is 0 Å². The van der Waals surface area contributed by atoms with E-state index in [4.69, 9.17) is 9.40 Å². The fourth-order valence-corrected chi connectivity index (χ4v) is 10.7. The maximum absolute atomic E-state index is 6.38. The number of aryl methyl sites for hydroxylation is 2. The number of nitrogens with zero attached hydrogens (tertiary/aromatic N) is 2. The van der Waals surface area contributed by atoms with Crippen molar-refractivity contribution in [1.29, 1.82) is 0 Å². The monoisotopic (exact) mass is 909 g/mol. The summed E-state index contributed by atoms with van der Waals surface area (Å²) in [5, 5.41) is 2.28. The summed E-state index contributed by atoms with van der Waals surface area (Å²) in [7, 11) is 0. The first-order valence-corrected chi connectivity index (χ1v) is 25.5. The predicted molar refractivity (Wildman–Crippen MR) is 212 cm³/mol. The van der Waals surface area contributed by atoms with Gasteiger partial charge in [0.2, 0.25) is 0 Å². The van der Waals surface area contributed by atoms with Crippen molar-refractivity contribution in [3.8, 4) is 33.6 Å². The van der Waals surface area contributed by atoms with Gasteiger partial charge in [-0.1, -0.05) is 78.9 Å². The summed E-state index contributed by atoms with van der Waals surface area (Å²) in [6, 6.07) is 40.3. The maximum Gasteiger partial charge on any atom is 0 e. The van der Waals surface area contributed by atoms with Crippen LogP contribution in [0.15, 0.2) is 114 Å². The van der Waals surface area contributed by atoms with Crippen LogP contribution in [0.4, 0.5) is 0 Å². The zero-order valence-electron chi connectivity index (χ0n) is 30.3. The summed E-state index contributed by atoms with van der Waals surface area (Å²) in [5.74, 6) is 8.31. The maximum atomic E-state index is 6.38. The van der Waals surface area contributed by atoms with Gasteiger partial charge < -0.3 is 9.40 Å². The molecule has 8 rings (SSSR count). The molecule has 1 fully saturated rings. The predicted octanol–water partition coefficient (Wildman–Crippen LogP) is 11.8. The van der Waals surface area contributed by atoms with Crippen molar-refractivity contribution in [2.75, 3.05) is 0 Å². The summed E-state index contributed by atoms with van der Waals surface area (Å²) in [6.07, 6.45) is 11.9. The van der Waals surface area contributed by atoms with Crippen LogP contribution >= 0.6 is 0 Å². The third kappa shape index (κ3) is 8.30. The number of rotatable bonds is 7. The first-order chi connectivity index (χ1) is 24.3. The number of furan rings is 1. The van der Waals surface area contributed by atoms with Gasteiger partial charge >= 0.3 is 137 Å². The topological polar surface area (TPSA) is 38.9 Å². The second-order valence-electron chi connectivity index (χ2n) is 14.7. The van der Waals surface area contributed by atoms with Crippen molar-refractivity contribution >= 4 is 39.6 Å². The SMILES string of the molecule is CCc1ccnc(-c2[c-]cc(C)c3c2oc2cc(-c4ccccc4)ccc23)c1.[CH3][Ge]([CH3])([CH3])[c]1cnc(-c2[c-]cccc2)cc1CC1CCCC1.[Ir]. The molecule has 0 N–H and O–H groups in total. The molecular weight excluding hydrogens is 861 g/mol. The molecule has 0 bridgehead atoms. The van der Waals surface area contributed by atoms with E-state index in [1.807, 2.05) is 30.5 Å². The van der Waals surface area contributed by atoms with E-state index in [1.165, 1.54) is 43.2 Å². The molecule has 0 spiro atoms. The van der Waals surface area contributed by atoms with Crippen LogP contribution in [0.25, 0.3) is 55.6 Å². The molecule has 1 saturated carbocycles. The van der Waals surface area contributed by atoms with Gasteiger partial charge in [-0.3, -0.25) is 0 Å². The van der Waals surface area contributed by atoms with Crippen LogP contribution in [0.5, 0.6) is 0 Å². The van der Waals surface area contributed by atoms with Gasteiger partial charge in [-0.25, -0.2) is 0 Å². The van der Waals surface area contributed by atoms with Crippen molar-refractivity contribution in [2.24, 2.45) is 5.92 Å². The quantitative estimate of drug-likeness (QED) is 0.118. The minimum absolute atomic E-state index is 0. The molecule has 4 aromatic carbocycles. The molecule has 1 aliphatic carbocycles. The van der Waals surface area contributed by atoms with Gasteiger partial charge in [0.25, 0.3) is 0 Å². The summed E-state index contributed by atoms with van der Waals surface area (Å²) < 4.78 is 7.97. The van der Waals surface area contributed by atoms with Gasteiger partial charge in [0.15, 0.2) is 0 Å². The number of pyridine rings is 2. The zero-order valence-corrected chi connectivity index (χ0v) is 34.8. The second kappa shape index (κ2) is 16.2. The zero-order chi connectivity index (χ0) is 34.7. The molecule has 1 aliphatic rings. The van der Waals surface area contributed by atoms with Crippen molar-refractivity contribution < 1.29 is 24.5 Å². The first kappa shape index (κ1) is 36.9.